The van der Waals surface area contributed by atoms with Crippen LogP contribution in [-0.2, 0) is 16.0 Å². The third-order valence-corrected chi connectivity index (χ3v) is 4.01. The van der Waals surface area contributed by atoms with Crippen molar-refractivity contribution in [2.75, 3.05) is 7.11 Å². The fraction of sp³-hybridized carbons (Fsp3) is 0.158. The number of amides is 1. The zero-order valence-corrected chi connectivity index (χ0v) is 13.6. The average molecular weight is 340 g/mol. The van der Waals surface area contributed by atoms with E-state index in [4.69, 9.17) is 4.74 Å². The molecule has 2 aromatic carbocycles. The topological polar surface area (TPSA) is 71.2 Å². The second-order valence-corrected chi connectivity index (χ2v) is 5.59. The molecule has 1 heterocycles. The number of benzene rings is 2. The lowest BCUT2D eigenvalue weighted by Crippen LogP contribution is -2.43. The number of fused-ring (bicyclic) bond motifs is 1. The molecule has 0 fully saturated rings. The van der Waals surface area contributed by atoms with E-state index in [0.29, 0.717) is 0 Å². The van der Waals surface area contributed by atoms with Gasteiger partial charge in [-0.25, -0.2) is 9.18 Å². The number of methoxy groups -OCH3 is 1. The van der Waals surface area contributed by atoms with Crippen LogP contribution in [-0.4, -0.2) is 30.0 Å². The fourth-order valence-corrected chi connectivity index (χ4v) is 2.74. The summed E-state index contributed by atoms with van der Waals surface area (Å²) in [6, 6.07) is 12.3. The number of esters is 1. The average Bonchev–Trinajstić information content (AvgIpc) is 3.04. The van der Waals surface area contributed by atoms with Gasteiger partial charge in [0.1, 0.15) is 11.9 Å². The van der Waals surface area contributed by atoms with Gasteiger partial charge in [-0.2, -0.15) is 0 Å². The van der Waals surface area contributed by atoms with Gasteiger partial charge in [0.2, 0.25) is 0 Å². The van der Waals surface area contributed by atoms with Crippen LogP contribution in [0, 0.1) is 5.82 Å². The van der Waals surface area contributed by atoms with Crippen LogP contribution in [0.3, 0.4) is 0 Å². The summed E-state index contributed by atoms with van der Waals surface area (Å²) in [4.78, 5) is 27.5. The molecule has 25 heavy (non-hydrogen) atoms. The van der Waals surface area contributed by atoms with Crippen LogP contribution in [0.5, 0.6) is 0 Å². The number of hydrogen-bond acceptors (Lipinski definition) is 3. The van der Waals surface area contributed by atoms with E-state index in [0.717, 1.165) is 16.5 Å². The number of aromatic nitrogens is 1. The monoisotopic (exact) mass is 340 g/mol. The highest BCUT2D eigenvalue weighted by Gasteiger charge is 2.24. The third kappa shape index (κ3) is 3.52. The molecule has 1 atom stereocenters. The molecule has 3 aromatic rings. The van der Waals surface area contributed by atoms with Gasteiger partial charge in [0.05, 0.1) is 12.7 Å². The normalized spacial score (nSPS) is 11.9. The summed E-state index contributed by atoms with van der Waals surface area (Å²) in [5.74, 6) is -1.89. The maximum atomic E-state index is 13.8. The number of rotatable bonds is 5. The Morgan fingerprint density at radius 3 is 2.64 bits per heavy atom. The molecule has 0 bridgehead atoms. The van der Waals surface area contributed by atoms with Crippen molar-refractivity contribution >= 4 is 22.8 Å². The van der Waals surface area contributed by atoms with Gasteiger partial charge in [0.15, 0.2) is 0 Å². The Bertz CT molecular complexity index is 920. The molecular weight excluding hydrogens is 323 g/mol. The molecule has 5 nitrogen and oxygen atoms in total. The van der Waals surface area contributed by atoms with Crippen molar-refractivity contribution in [3.8, 4) is 0 Å². The molecular formula is C19H17FN2O3. The largest absolute Gasteiger partial charge is 0.467 e. The van der Waals surface area contributed by atoms with Crippen molar-refractivity contribution in [2.45, 2.75) is 12.5 Å². The van der Waals surface area contributed by atoms with Crippen LogP contribution >= 0.6 is 0 Å². The van der Waals surface area contributed by atoms with E-state index in [9.17, 15) is 14.0 Å². The summed E-state index contributed by atoms with van der Waals surface area (Å²) in [5.41, 5.74) is 1.68. The molecule has 3 rings (SSSR count). The lowest BCUT2D eigenvalue weighted by atomic mass is 10.0. The zero-order chi connectivity index (χ0) is 17.8. The molecule has 1 amide bonds. The van der Waals surface area contributed by atoms with Crippen molar-refractivity contribution in [3.05, 3.63) is 71.7 Å². The summed E-state index contributed by atoms with van der Waals surface area (Å²) in [6.07, 6.45) is 2.02. The first kappa shape index (κ1) is 16.7. The summed E-state index contributed by atoms with van der Waals surface area (Å²) in [7, 11) is 1.25. The summed E-state index contributed by atoms with van der Waals surface area (Å²) < 4.78 is 18.6. The Labute approximate surface area is 143 Å². The van der Waals surface area contributed by atoms with Gasteiger partial charge < -0.3 is 15.0 Å². The summed E-state index contributed by atoms with van der Waals surface area (Å²) in [5, 5.41) is 3.52. The van der Waals surface area contributed by atoms with Gasteiger partial charge in [-0.05, 0) is 23.8 Å². The lowest BCUT2D eigenvalue weighted by Gasteiger charge is -2.16. The predicted molar refractivity (Wildman–Crippen MR) is 91.7 cm³/mol. The first-order valence-electron chi connectivity index (χ1n) is 7.78. The first-order chi connectivity index (χ1) is 12.1. The quantitative estimate of drug-likeness (QED) is 0.702. The molecule has 0 aliphatic carbocycles. The second kappa shape index (κ2) is 7.17. The molecule has 0 saturated heterocycles. The SMILES string of the molecule is COC(=O)[C@H](Cc1c[nH]c2ccccc12)NC(=O)c1ccccc1F. The smallest absolute Gasteiger partial charge is 0.328 e. The predicted octanol–water partition coefficient (Wildman–Crippen LogP) is 2.82. The summed E-state index contributed by atoms with van der Waals surface area (Å²) >= 11 is 0. The van der Waals surface area contributed by atoms with Crippen molar-refractivity contribution in [2.24, 2.45) is 0 Å². The van der Waals surface area contributed by atoms with Crippen LogP contribution in [0.2, 0.25) is 0 Å². The van der Waals surface area contributed by atoms with Gasteiger partial charge in [0, 0.05) is 23.5 Å². The van der Waals surface area contributed by atoms with Gasteiger partial charge in [-0.1, -0.05) is 30.3 Å². The number of ether oxygens (including phenoxy) is 1. The van der Waals surface area contributed by atoms with Gasteiger partial charge in [-0.3, -0.25) is 4.79 Å². The maximum Gasteiger partial charge on any atom is 0.328 e. The Hall–Kier alpha value is -3.15. The van der Waals surface area contributed by atoms with Crippen LogP contribution in [0.15, 0.2) is 54.7 Å². The van der Waals surface area contributed by atoms with E-state index >= 15 is 0 Å². The molecule has 0 aliphatic heterocycles. The molecule has 128 valence electrons. The van der Waals surface area contributed by atoms with Crippen LogP contribution in [0.4, 0.5) is 4.39 Å². The molecule has 0 unspecified atom stereocenters. The van der Waals surface area contributed by atoms with E-state index in [2.05, 4.69) is 10.3 Å². The van der Waals surface area contributed by atoms with Crippen molar-refractivity contribution < 1.29 is 18.7 Å². The summed E-state index contributed by atoms with van der Waals surface area (Å²) in [6.45, 7) is 0. The number of para-hydroxylation sites is 1. The Kier molecular flexibility index (Phi) is 4.79. The molecule has 0 aliphatic rings. The van der Waals surface area contributed by atoms with Gasteiger partial charge >= 0.3 is 5.97 Å². The van der Waals surface area contributed by atoms with E-state index < -0.39 is 23.7 Å². The number of H-pyrrole nitrogens is 1. The third-order valence-electron chi connectivity index (χ3n) is 4.01. The van der Waals surface area contributed by atoms with Crippen molar-refractivity contribution in [3.63, 3.8) is 0 Å². The number of nitrogens with one attached hydrogen (secondary N) is 2. The lowest BCUT2D eigenvalue weighted by molar-refractivity contribution is -0.142. The van der Waals surface area contributed by atoms with E-state index in [1.165, 1.54) is 25.3 Å². The second-order valence-electron chi connectivity index (χ2n) is 5.59. The highest BCUT2D eigenvalue weighted by atomic mass is 19.1. The van der Waals surface area contributed by atoms with Crippen LogP contribution < -0.4 is 5.32 Å². The minimum Gasteiger partial charge on any atom is -0.467 e. The Balaban J connectivity index is 1.84. The first-order valence-corrected chi connectivity index (χ1v) is 7.78. The highest BCUT2D eigenvalue weighted by Crippen LogP contribution is 2.19. The minimum atomic E-state index is -0.920. The highest BCUT2D eigenvalue weighted by molar-refractivity contribution is 5.97. The van der Waals surface area contributed by atoms with Crippen molar-refractivity contribution in [1.29, 1.82) is 0 Å². The number of carbonyl (C=O) groups excluding carboxylic acids is 2. The van der Waals surface area contributed by atoms with Crippen LogP contribution in [0.1, 0.15) is 15.9 Å². The molecule has 1 aromatic heterocycles. The maximum absolute atomic E-state index is 13.8. The standard InChI is InChI=1S/C19H17FN2O3/c1-25-19(24)17(22-18(23)14-7-2-4-8-15(14)20)10-12-11-21-16-9-5-3-6-13(12)16/h2-9,11,17,21H,10H2,1H3,(H,22,23)/t17-/m0/s1. The minimum absolute atomic E-state index is 0.115. The number of aromatic amines is 1. The molecule has 0 saturated carbocycles. The Morgan fingerprint density at radius 2 is 1.88 bits per heavy atom. The van der Waals surface area contributed by atoms with Gasteiger partial charge in [-0.15, -0.1) is 0 Å². The van der Waals surface area contributed by atoms with E-state index in [1.807, 2.05) is 24.3 Å². The molecule has 0 spiro atoms. The van der Waals surface area contributed by atoms with Crippen molar-refractivity contribution in [1.82, 2.24) is 10.3 Å². The number of halogens is 1. The van der Waals surface area contributed by atoms with E-state index in [1.54, 1.807) is 12.3 Å². The molecule has 6 heteroatoms. The number of hydrogen-bond donors (Lipinski definition) is 2. The number of carbonyl (C=O) groups is 2. The molecule has 0 radical (unpaired) electrons. The fourth-order valence-electron chi connectivity index (χ4n) is 2.74. The Morgan fingerprint density at radius 1 is 1.16 bits per heavy atom. The van der Waals surface area contributed by atoms with Crippen LogP contribution in [0.25, 0.3) is 10.9 Å². The van der Waals surface area contributed by atoms with Gasteiger partial charge in [0.25, 0.3) is 5.91 Å². The van der Waals surface area contributed by atoms with E-state index in [-0.39, 0.29) is 12.0 Å². The molecule has 2 N–H and O–H groups in total. The zero-order valence-electron chi connectivity index (χ0n) is 13.6.